The van der Waals surface area contributed by atoms with Crippen LogP contribution in [0.25, 0.3) is 0 Å². The van der Waals surface area contributed by atoms with Crippen molar-refractivity contribution in [3.8, 4) is 17.2 Å². The van der Waals surface area contributed by atoms with Crippen LogP contribution in [-0.4, -0.2) is 24.5 Å². The Morgan fingerprint density at radius 1 is 1.06 bits per heavy atom. The summed E-state index contributed by atoms with van der Waals surface area (Å²) in [6.07, 6.45) is 0.404. The Bertz CT molecular complexity index is 1070. The first-order chi connectivity index (χ1) is 15.1. The van der Waals surface area contributed by atoms with E-state index in [1.54, 1.807) is 13.2 Å². The van der Waals surface area contributed by atoms with Crippen molar-refractivity contribution in [1.29, 1.82) is 0 Å². The van der Waals surface area contributed by atoms with Crippen molar-refractivity contribution in [2.45, 2.75) is 25.6 Å². The Morgan fingerprint density at radius 3 is 2.48 bits per heavy atom. The number of methoxy groups -OCH3 is 1. The lowest BCUT2D eigenvalue weighted by Crippen LogP contribution is -2.33. The summed E-state index contributed by atoms with van der Waals surface area (Å²) in [7, 11) is 1.66. The number of halogens is 1. The largest absolute Gasteiger partial charge is 0.504 e. The number of nitrogens with zero attached hydrogens (tertiary/aromatic N) is 1. The number of rotatable bonds is 6. The van der Waals surface area contributed by atoms with Crippen LogP contribution in [0.4, 0.5) is 0 Å². The summed E-state index contributed by atoms with van der Waals surface area (Å²) in [6, 6.07) is 21.6. The average molecular weight is 481 g/mol. The zero-order chi connectivity index (χ0) is 21.8. The number of hydrogen-bond acceptors (Lipinski definition) is 5. The molecule has 160 valence electrons. The van der Waals surface area contributed by atoms with Crippen molar-refractivity contribution >= 4 is 21.6 Å². The number of para-hydroxylation sites is 1. The summed E-state index contributed by atoms with van der Waals surface area (Å²) >= 11 is 3.50. The van der Waals surface area contributed by atoms with Gasteiger partial charge in [-0.15, -0.1) is 0 Å². The van der Waals surface area contributed by atoms with Gasteiger partial charge in [-0.2, -0.15) is 0 Å². The van der Waals surface area contributed by atoms with E-state index in [1.165, 1.54) is 0 Å². The number of phenols is 1. The van der Waals surface area contributed by atoms with E-state index in [0.29, 0.717) is 18.8 Å². The van der Waals surface area contributed by atoms with Gasteiger partial charge in [0.05, 0.1) is 13.7 Å². The Kier molecular flexibility index (Phi) is 6.59. The third kappa shape index (κ3) is 4.75. The molecule has 3 aromatic carbocycles. The molecule has 0 fully saturated rings. The maximum atomic E-state index is 10.9. The minimum absolute atomic E-state index is 0.122. The minimum atomic E-state index is -0.237. The predicted octanol–water partition coefficient (Wildman–Crippen LogP) is 5.78. The standard InChI is InChI=1S/C25H25BrN2O3/c1-3-31-23-6-4-5-20(24(23)29)22-15-21(16-9-13-19(30-2)14-10-16)27-25(28-22)17-7-11-18(26)12-8-17/h4-14,22,25,28-29H,3,15H2,1-2H3/t22-,25-/m0/s1. The van der Waals surface area contributed by atoms with Gasteiger partial charge in [0.15, 0.2) is 11.5 Å². The molecule has 0 aliphatic carbocycles. The van der Waals surface area contributed by atoms with Crippen LogP contribution >= 0.6 is 15.9 Å². The molecular weight excluding hydrogens is 456 g/mol. The van der Waals surface area contributed by atoms with Crippen molar-refractivity contribution in [1.82, 2.24) is 5.32 Å². The molecule has 0 amide bonds. The van der Waals surface area contributed by atoms with Crippen molar-refractivity contribution in [3.05, 3.63) is 87.9 Å². The van der Waals surface area contributed by atoms with Crippen molar-refractivity contribution in [2.24, 2.45) is 4.99 Å². The van der Waals surface area contributed by atoms with E-state index >= 15 is 0 Å². The molecule has 2 N–H and O–H groups in total. The minimum Gasteiger partial charge on any atom is -0.504 e. The van der Waals surface area contributed by atoms with Crippen LogP contribution in [-0.2, 0) is 0 Å². The molecule has 0 aromatic heterocycles. The molecule has 1 aliphatic rings. The fourth-order valence-corrected chi connectivity index (χ4v) is 4.04. The zero-order valence-corrected chi connectivity index (χ0v) is 19.1. The van der Waals surface area contributed by atoms with Crippen molar-refractivity contribution < 1.29 is 14.6 Å². The van der Waals surface area contributed by atoms with Gasteiger partial charge in [0.2, 0.25) is 0 Å². The molecule has 3 aromatic rings. The molecule has 0 bridgehead atoms. The van der Waals surface area contributed by atoms with Crippen LogP contribution < -0.4 is 14.8 Å². The lowest BCUT2D eigenvalue weighted by Gasteiger charge is -2.31. The first-order valence-electron chi connectivity index (χ1n) is 10.3. The number of aliphatic imine (C=N–C) groups is 1. The van der Waals surface area contributed by atoms with Crippen LogP contribution in [0.3, 0.4) is 0 Å². The number of ether oxygens (including phenoxy) is 2. The van der Waals surface area contributed by atoms with Gasteiger partial charge >= 0.3 is 0 Å². The highest BCUT2D eigenvalue weighted by Gasteiger charge is 2.28. The van der Waals surface area contributed by atoms with Gasteiger partial charge in [-0.1, -0.05) is 40.2 Å². The highest BCUT2D eigenvalue weighted by Crippen LogP contribution is 2.39. The maximum Gasteiger partial charge on any atom is 0.162 e. The number of benzene rings is 3. The third-order valence-corrected chi connectivity index (χ3v) is 5.88. The quantitative estimate of drug-likeness (QED) is 0.468. The van der Waals surface area contributed by atoms with E-state index in [1.807, 2.05) is 55.5 Å². The second-order valence-electron chi connectivity index (χ2n) is 7.31. The van der Waals surface area contributed by atoms with E-state index in [0.717, 1.165) is 32.6 Å². The number of hydrogen-bond donors (Lipinski definition) is 2. The number of aromatic hydroxyl groups is 1. The molecule has 1 heterocycles. The molecule has 6 heteroatoms. The molecule has 0 saturated heterocycles. The van der Waals surface area contributed by atoms with Gasteiger partial charge in [-0.3, -0.25) is 10.3 Å². The second-order valence-corrected chi connectivity index (χ2v) is 8.22. The van der Waals surface area contributed by atoms with Gasteiger partial charge in [0, 0.05) is 28.2 Å². The summed E-state index contributed by atoms with van der Waals surface area (Å²) < 4.78 is 11.9. The third-order valence-electron chi connectivity index (χ3n) is 5.36. The normalized spacial score (nSPS) is 18.4. The predicted molar refractivity (Wildman–Crippen MR) is 126 cm³/mol. The molecule has 2 atom stereocenters. The summed E-state index contributed by atoms with van der Waals surface area (Å²) in [5.74, 6) is 1.48. The van der Waals surface area contributed by atoms with E-state index in [9.17, 15) is 5.11 Å². The van der Waals surface area contributed by atoms with E-state index in [-0.39, 0.29) is 18.0 Å². The van der Waals surface area contributed by atoms with Crippen LogP contribution in [0.5, 0.6) is 17.2 Å². The summed E-state index contributed by atoms with van der Waals surface area (Å²) in [4.78, 5) is 5.01. The Balaban J connectivity index is 1.73. The van der Waals surface area contributed by atoms with Crippen LogP contribution in [0.15, 0.2) is 76.2 Å². The van der Waals surface area contributed by atoms with Gasteiger partial charge in [0.25, 0.3) is 0 Å². The molecule has 0 saturated carbocycles. The molecule has 4 rings (SSSR count). The number of nitrogens with one attached hydrogen (secondary N) is 1. The van der Waals surface area contributed by atoms with Gasteiger partial charge in [-0.05, 0) is 60.5 Å². The average Bonchev–Trinajstić information content (AvgIpc) is 2.81. The SMILES string of the molecule is CCOc1cccc([C@@H]2CC(c3ccc(OC)cc3)=N[C@H](c3ccc(Br)cc3)N2)c1O. The Labute approximate surface area is 190 Å². The van der Waals surface area contributed by atoms with Gasteiger partial charge in [0.1, 0.15) is 11.9 Å². The molecular formula is C25H25BrN2O3. The summed E-state index contributed by atoms with van der Waals surface area (Å²) in [5.41, 5.74) is 3.86. The maximum absolute atomic E-state index is 10.9. The van der Waals surface area contributed by atoms with E-state index in [4.69, 9.17) is 14.5 Å². The summed E-state index contributed by atoms with van der Waals surface area (Å²) in [5, 5.41) is 14.5. The van der Waals surface area contributed by atoms with E-state index in [2.05, 4.69) is 33.4 Å². The highest BCUT2D eigenvalue weighted by molar-refractivity contribution is 9.10. The van der Waals surface area contributed by atoms with Gasteiger partial charge < -0.3 is 14.6 Å². The second kappa shape index (κ2) is 9.54. The van der Waals surface area contributed by atoms with Crippen molar-refractivity contribution in [2.75, 3.05) is 13.7 Å². The fourth-order valence-electron chi connectivity index (χ4n) is 3.77. The zero-order valence-electron chi connectivity index (χ0n) is 17.5. The molecule has 1 aliphatic heterocycles. The van der Waals surface area contributed by atoms with Crippen LogP contribution in [0.1, 0.15) is 42.2 Å². The van der Waals surface area contributed by atoms with Gasteiger partial charge in [-0.25, -0.2) is 0 Å². The first-order valence-corrected chi connectivity index (χ1v) is 11.1. The molecule has 31 heavy (non-hydrogen) atoms. The molecule has 0 unspecified atom stereocenters. The number of phenolic OH excluding ortho intramolecular Hbond substituents is 1. The molecule has 5 nitrogen and oxygen atoms in total. The summed E-state index contributed by atoms with van der Waals surface area (Å²) in [6.45, 7) is 2.40. The lowest BCUT2D eigenvalue weighted by molar-refractivity contribution is 0.313. The first kappa shape index (κ1) is 21.4. The van der Waals surface area contributed by atoms with Crippen LogP contribution in [0, 0.1) is 0 Å². The smallest absolute Gasteiger partial charge is 0.162 e. The monoisotopic (exact) mass is 480 g/mol. The Hall–Kier alpha value is -2.83. The highest BCUT2D eigenvalue weighted by atomic mass is 79.9. The fraction of sp³-hybridized carbons (Fsp3) is 0.240. The van der Waals surface area contributed by atoms with Crippen molar-refractivity contribution in [3.63, 3.8) is 0 Å². The lowest BCUT2D eigenvalue weighted by atomic mass is 9.93. The topological polar surface area (TPSA) is 63.1 Å². The molecule has 0 radical (unpaired) electrons. The van der Waals surface area contributed by atoms with Crippen LogP contribution in [0.2, 0.25) is 0 Å². The Morgan fingerprint density at radius 2 is 1.81 bits per heavy atom. The molecule has 0 spiro atoms. The van der Waals surface area contributed by atoms with E-state index < -0.39 is 0 Å².